The second-order valence-corrected chi connectivity index (χ2v) is 4.58. The Morgan fingerprint density at radius 3 is 2.50 bits per heavy atom. The smallest absolute Gasteiger partial charge is 0.335 e. The summed E-state index contributed by atoms with van der Waals surface area (Å²) in [4.78, 5) is 21.4. The molecular formula is C15H13NO4. The summed E-state index contributed by atoms with van der Waals surface area (Å²) in [5.74, 6) is -1.18. The van der Waals surface area contributed by atoms with Crippen LogP contribution in [-0.4, -0.2) is 16.0 Å². The van der Waals surface area contributed by atoms with Gasteiger partial charge in [-0.25, -0.2) is 4.79 Å². The number of aryl methyl sites for hydroxylation is 1. The third-order valence-corrected chi connectivity index (χ3v) is 3.29. The fourth-order valence-corrected chi connectivity index (χ4v) is 2.06. The molecule has 0 amide bonds. The molecular weight excluding hydrogens is 258 g/mol. The molecule has 0 atom stereocenters. The van der Waals surface area contributed by atoms with Gasteiger partial charge in [-0.2, -0.15) is 0 Å². The number of nitro benzene ring substituents is 1. The highest BCUT2D eigenvalue weighted by Crippen LogP contribution is 2.29. The molecule has 0 saturated carbocycles. The van der Waals surface area contributed by atoms with Crippen LogP contribution in [0.1, 0.15) is 21.5 Å². The van der Waals surface area contributed by atoms with Crippen LogP contribution < -0.4 is 0 Å². The Morgan fingerprint density at radius 1 is 1.20 bits per heavy atom. The number of aromatic carboxylic acids is 1. The van der Waals surface area contributed by atoms with Gasteiger partial charge in [0, 0.05) is 12.1 Å². The van der Waals surface area contributed by atoms with Gasteiger partial charge in [-0.1, -0.05) is 18.2 Å². The van der Waals surface area contributed by atoms with Crippen LogP contribution in [0.15, 0.2) is 36.4 Å². The van der Waals surface area contributed by atoms with E-state index in [2.05, 4.69) is 0 Å². The van der Waals surface area contributed by atoms with Crippen molar-refractivity contribution in [1.82, 2.24) is 0 Å². The number of carbonyl (C=O) groups is 1. The first-order valence-corrected chi connectivity index (χ1v) is 5.99. The van der Waals surface area contributed by atoms with E-state index in [9.17, 15) is 14.9 Å². The summed E-state index contributed by atoms with van der Waals surface area (Å²) in [6.45, 7) is 3.85. The molecule has 0 unspecified atom stereocenters. The molecule has 0 bridgehead atoms. The molecule has 0 aromatic heterocycles. The van der Waals surface area contributed by atoms with Crippen molar-refractivity contribution in [2.75, 3.05) is 0 Å². The lowest BCUT2D eigenvalue weighted by Crippen LogP contribution is -1.99. The molecule has 0 fully saturated rings. The van der Waals surface area contributed by atoms with Gasteiger partial charge in [-0.3, -0.25) is 10.1 Å². The van der Waals surface area contributed by atoms with Gasteiger partial charge in [-0.05, 0) is 42.2 Å². The highest BCUT2D eigenvalue weighted by molar-refractivity contribution is 5.91. The Bertz CT molecular complexity index is 675. The third-order valence-electron chi connectivity index (χ3n) is 3.29. The van der Waals surface area contributed by atoms with Crippen LogP contribution >= 0.6 is 0 Å². The van der Waals surface area contributed by atoms with Crippen LogP contribution in [0.2, 0.25) is 0 Å². The molecule has 0 saturated heterocycles. The topological polar surface area (TPSA) is 80.4 Å². The van der Waals surface area contributed by atoms with Gasteiger partial charge in [0.05, 0.1) is 10.5 Å². The molecule has 0 heterocycles. The van der Waals surface area contributed by atoms with Crippen LogP contribution in [0, 0.1) is 24.0 Å². The average molecular weight is 271 g/mol. The zero-order valence-corrected chi connectivity index (χ0v) is 11.1. The molecule has 0 spiro atoms. The van der Waals surface area contributed by atoms with Crippen molar-refractivity contribution >= 4 is 11.7 Å². The van der Waals surface area contributed by atoms with Crippen molar-refractivity contribution < 1.29 is 14.8 Å². The number of non-ortho nitro benzene ring substituents is 1. The number of hydrogen-bond donors (Lipinski definition) is 1. The normalized spacial score (nSPS) is 10.3. The molecule has 5 nitrogen and oxygen atoms in total. The Hall–Kier alpha value is -2.69. The van der Waals surface area contributed by atoms with E-state index in [1.54, 1.807) is 0 Å². The lowest BCUT2D eigenvalue weighted by Gasteiger charge is -2.09. The fourth-order valence-electron chi connectivity index (χ4n) is 2.06. The second kappa shape index (κ2) is 5.13. The standard InChI is InChI=1S/C15H13NO4/c1-9-4-3-5-14(10(9)2)11-6-12(15(17)18)8-13(7-11)16(19)20/h3-8H,1-2H3,(H,17,18). The third kappa shape index (κ3) is 2.51. The Morgan fingerprint density at radius 2 is 1.90 bits per heavy atom. The Labute approximate surface area is 115 Å². The van der Waals surface area contributed by atoms with Crippen LogP contribution in [0.4, 0.5) is 5.69 Å². The number of nitrogens with zero attached hydrogens (tertiary/aromatic N) is 1. The minimum atomic E-state index is -1.18. The minimum absolute atomic E-state index is 0.0879. The summed E-state index contributed by atoms with van der Waals surface area (Å²) in [7, 11) is 0. The highest BCUT2D eigenvalue weighted by atomic mass is 16.6. The zero-order chi connectivity index (χ0) is 14.9. The summed E-state index contributed by atoms with van der Waals surface area (Å²) >= 11 is 0. The predicted octanol–water partition coefficient (Wildman–Crippen LogP) is 3.58. The summed E-state index contributed by atoms with van der Waals surface area (Å²) in [5.41, 5.74) is 3.06. The van der Waals surface area contributed by atoms with E-state index in [4.69, 9.17) is 5.11 Å². The first kappa shape index (κ1) is 13.7. The maximum absolute atomic E-state index is 11.1. The highest BCUT2D eigenvalue weighted by Gasteiger charge is 2.15. The Kier molecular flexibility index (Phi) is 3.52. The number of hydrogen-bond acceptors (Lipinski definition) is 3. The number of benzene rings is 2. The van der Waals surface area contributed by atoms with Gasteiger partial charge < -0.3 is 5.11 Å². The van der Waals surface area contributed by atoms with Crippen LogP contribution in [0.3, 0.4) is 0 Å². The van der Waals surface area contributed by atoms with Crippen LogP contribution in [0.5, 0.6) is 0 Å². The van der Waals surface area contributed by atoms with Crippen LogP contribution in [0.25, 0.3) is 11.1 Å². The first-order valence-electron chi connectivity index (χ1n) is 5.99. The molecule has 2 rings (SSSR count). The average Bonchev–Trinajstić information content (AvgIpc) is 2.41. The second-order valence-electron chi connectivity index (χ2n) is 4.58. The molecule has 0 radical (unpaired) electrons. The van der Waals surface area contributed by atoms with Crippen molar-refractivity contribution in [3.8, 4) is 11.1 Å². The van der Waals surface area contributed by atoms with Crippen molar-refractivity contribution in [1.29, 1.82) is 0 Å². The summed E-state index contributed by atoms with van der Waals surface area (Å²) < 4.78 is 0. The largest absolute Gasteiger partial charge is 0.478 e. The van der Waals surface area contributed by atoms with Gasteiger partial charge >= 0.3 is 5.97 Å². The minimum Gasteiger partial charge on any atom is -0.478 e. The summed E-state index contributed by atoms with van der Waals surface area (Å²) in [5, 5.41) is 20.0. The lowest BCUT2D eigenvalue weighted by atomic mass is 9.95. The van der Waals surface area contributed by atoms with Crippen molar-refractivity contribution in [3.63, 3.8) is 0 Å². The number of carboxylic acid groups (broad SMARTS) is 1. The predicted molar refractivity (Wildman–Crippen MR) is 75.0 cm³/mol. The van der Waals surface area contributed by atoms with Gasteiger partial charge in [0.25, 0.3) is 5.69 Å². The van der Waals surface area contributed by atoms with E-state index in [1.807, 2.05) is 32.0 Å². The maximum atomic E-state index is 11.1. The molecule has 1 N–H and O–H groups in total. The first-order chi connectivity index (χ1) is 9.40. The summed E-state index contributed by atoms with van der Waals surface area (Å²) in [6.07, 6.45) is 0. The molecule has 0 aliphatic heterocycles. The lowest BCUT2D eigenvalue weighted by molar-refractivity contribution is -0.384. The van der Waals surface area contributed by atoms with Crippen molar-refractivity contribution in [2.24, 2.45) is 0 Å². The van der Waals surface area contributed by atoms with Gasteiger partial charge in [-0.15, -0.1) is 0 Å². The quantitative estimate of drug-likeness (QED) is 0.683. The number of nitro groups is 1. The van der Waals surface area contributed by atoms with E-state index in [0.717, 1.165) is 22.8 Å². The Balaban J connectivity index is 2.70. The monoisotopic (exact) mass is 271 g/mol. The SMILES string of the molecule is Cc1cccc(-c2cc(C(=O)O)cc([N+](=O)[O-])c2)c1C. The van der Waals surface area contributed by atoms with E-state index in [1.165, 1.54) is 12.1 Å². The fraction of sp³-hybridized carbons (Fsp3) is 0.133. The van der Waals surface area contributed by atoms with Crippen LogP contribution in [-0.2, 0) is 0 Å². The van der Waals surface area contributed by atoms with Gasteiger partial charge in [0.2, 0.25) is 0 Å². The molecule has 0 aliphatic carbocycles. The molecule has 20 heavy (non-hydrogen) atoms. The molecule has 5 heteroatoms. The van der Waals surface area contributed by atoms with E-state index >= 15 is 0 Å². The molecule has 2 aromatic rings. The summed E-state index contributed by atoms with van der Waals surface area (Å²) in [6, 6.07) is 9.53. The van der Waals surface area contributed by atoms with Crippen molar-refractivity contribution in [2.45, 2.75) is 13.8 Å². The van der Waals surface area contributed by atoms with E-state index < -0.39 is 10.9 Å². The molecule has 2 aromatic carbocycles. The molecule has 0 aliphatic rings. The van der Waals surface area contributed by atoms with E-state index in [-0.39, 0.29) is 11.3 Å². The van der Waals surface area contributed by atoms with E-state index in [0.29, 0.717) is 5.56 Å². The zero-order valence-electron chi connectivity index (χ0n) is 11.1. The van der Waals surface area contributed by atoms with Gasteiger partial charge in [0.15, 0.2) is 0 Å². The van der Waals surface area contributed by atoms with Crippen molar-refractivity contribution in [3.05, 3.63) is 63.2 Å². The maximum Gasteiger partial charge on any atom is 0.335 e. The van der Waals surface area contributed by atoms with Gasteiger partial charge in [0.1, 0.15) is 0 Å². The molecule has 102 valence electrons. The number of carboxylic acids is 1. The number of rotatable bonds is 3.